The van der Waals surface area contributed by atoms with Crippen molar-refractivity contribution in [1.29, 1.82) is 0 Å². The summed E-state index contributed by atoms with van der Waals surface area (Å²) in [5.74, 6) is -1.65. The molecule has 3 aromatic rings. The van der Waals surface area contributed by atoms with E-state index in [1.54, 1.807) is 12.1 Å². The van der Waals surface area contributed by atoms with Gasteiger partial charge in [-0.15, -0.1) is 0 Å². The van der Waals surface area contributed by atoms with Gasteiger partial charge in [-0.3, -0.25) is 19.3 Å². The van der Waals surface area contributed by atoms with Crippen molar-refractivity contribution in [2.45, 2.75) is 11.0 Å². The Kier molecular flexibility index (Phi) is 5.17. The van der Waals surface area contributed by atoms with Crippen LogP contribution < -0.4 is 10.6 Å². The summed E-state index contributed by atoms with van der Waals surface area (Å²) in [7, 11) is 1.81. The minimum Gasteiger partial charge on any atom is -0.325 e. The Hall–Kier alpha value is -2.33. The molecule has 2 amide bonds. The highest BCUT2D eigenvalue weighted by Gasteiger charge is 2.77. The van der Waals surface area contributed by atoms with Crippen LogP contribution in [0.4, 0.5) is 11.4 Å². The summed E-state index contributed by atoms with van der Waals surface area (Å²) in [5, 5.41) is 6.02. The van der Waals surface area contributed by atoms with Gasteiger partial charge in [-0.1, -0.05) is 62.2 Å². The summed E-state index contributed by atoms with van der Waals surface area (Å²) in [4.78, 5) is 44.3. The summed E-state index contributed by atoms with van der Waals surface area (Å²) in [5.41, 5.74) is 0.135. The Balaban J connectivity index is 1.70. The van der Waals surface area contributed by atoms with Gasteiger partial charge in [-0.25, -0.2) is 0 Å². The van der Waals surface area contributed by atoms with Crippen molar-refractivity contribution in [3.63, 3.8) is 0 Å². The fourth-order valence-corrected chi connectivity index (χ4v) is 7.85. The number of rotatable bonds is 2. The van der Waals surface area contributed by atoms with Gasteiger partial charge >= 0.3 is 0 Å². The van der Waals surface area contributed by atoms with Gasteiger partial charge in [0.2, 0.25) is 5.91 Å². The lowest BCUT2D eigenvalue weighted by atomic mass is 9.58. The van der Waals surface area contributed by atoms with Crippen LogP contribution in [0, 0.1) is 5.92 Å². The molecule has 176 valence electrons. The maximum atomic E-state index is 14.2. The number of likely N-dealkylation sites (N-methyl/N-ethyl adjacent to an activating group) is 1. The third-order valence-electron chi connectivity index (χ3n) is 7.54. The molecule has 3 atom stereocenters. The number of hydrogen-bond donors (Lipinski definition) is 2. The van der Waals surface area contributed by atoms with Gasteiger partial charge < -0.3 is 10.6 Å². The average molecular weight is 660 g/mol. The summed E-state index contributed by atoms with van der Waals surface area (Å²) >= 11 is 10.6. The summed E-state index contributed by atoms with van der Waals surface area (Å²) in [6, 6.07) is 18.2. The van der Waals surface area contributed by atoms with Crippen molar-refractivity contribution in [2.24, 2.45) is 5.92 Å². The van der Waals surface area contributed by atoms with Gasteiger partial charge in [0.15, 0.2) is 5.78 Å². The Morgan fingerprint density at radius 1 is 0.914 bits per heavy atom. The van der Waals surface area contributed by atoms with Gasteiger partial charge in [0.1, 0.15) is 11.0 Å². The average Bonchev–Trinajstić information content (AvgIpc) is 3.40. The smallest absolute Gasteiger partial charge is 0.251 e. The highest BCUT2D eigenvalue weighted by Crippen LogP contribution is 2.64. The zero-order valence-corrected chi connectivity index (χ0v) is 23.1. The fourth-order valence-electron chi connectivity index (χ4n) is 6.26. The Labute approximate surface area is 226 Å². The van der Waals surface area contributed by atoms with E-state index < -0.39 is 16.9 Å². The van der Waals surface area contributed by atoms with Crippen molar-refractivity contribution in [1.82, 2.24) is 4.90 Å². The molecule has 2 N–H and O–H groups in total. The molecule has 2 spiro atoms. The molecule has 1 saturated heterocycles. The van der Waals surface area contributed by atoms with Crippen LogP contribution in [0.3, 0.4) is 0 Å². The normalized spacial score (nSPS) is 26.7. The number of likely N-dealkylation sites (tertiary alicyclic amines) is 1. The lowest BCUT2D eigenvalue weighted by Gasteiger charge is -2.42. The Morgan fingerprint density at radius 3 is 2.37 bits per heavy atom. The molecule has 6 nitrogen and oxygen atoms in total. The molecule has 0 aromatic heterocycles. The fraction of sp³-hybridized carbons (Fsp3) is 0.192. The largest absolute Gasteiger partial charge is 0.325 e. The zero-order chi connectivity index (χ0) is 24.7. The van der Waals surface area contributed by atoms with E-state index in [2.05, 4.69) is 58.4 Å². The third-order valence-corrected chi connectivity index (χ3v) is 9.15. The highest BCUT2D eigenvalue weighted by molar-refractivity contribution is 9.11. The molecule has 0 bridgehead atoms. The first kappa shape index (κ1) is 23.1. The molecule has 3 aromatic carbocycles. The van der Waals surface area contributed by atoms with E-state index in [-0.39, 0.29) is 24.1 Å². The van der Waals surface area contributed by atoms with Crippen molar-refractivity contribution in [3.05, 3.63) is 90.8 Å². The molecule has 35 heavy (non-hydrogen) atoms. The van der Waals surface area contributed by atoms with Crippen LogP contribution in [0.5, 0.6) is 0 Å². The summed E-state index contributed by atoms with van der Waals surface area (Å²) in [6.45, 7) is 0.230. The molecule has 0 saturated carbocycles. The number of anilines is 2. The monoisotopic (exact) mass is 657 g/mol. The molecular formula is C26H18Br3N3O3. The van der Waals surface area contributed by atoms with Crippen LogP contribution in [-0.2, 0) is 20.5 Å². The number of nitrogens with one attached hydrogen (secondary N) is 2. The number of nitrogens with zero attached hydrogens (tertiary/aromatic N) is 1. The number of para-hydroxylation sites is 1. The number of fused-ring (bicyclic) bond motifs is 5. The maximum Gasteiger partial charge on any atom is 0.251 e. The number of ketones is 1. The minimum absolute atomic E-state index is 0.177. The molecule has 0 radical (unpaired) electrons. The van der Waals surface area contributed by atoms with Crippen molar-refractivity contribution in [3.8, 4) is 0 Å². The van der Waals surface area contributed by atoms with Crippen LogP contribution in [0.25, 0.3) is 0 Å². The third kappa shape index (κ3) is 2.81. The van der Waals surface area contributed by atoms with Gasteiger partial charge in [0.05, 0.1) is 11.6 Å². The predicted molar refractivity (Wildman–Crippen MR) is 143 cm³/mol. The van der Waals surface area contributed by atoms with Gasteiger partial charge in [-0.05, 0) is 58.9 Å². The number of benzene rings is 3. The maximum absolute atomic E-state index is 14.2. The summed E-state index contributed by atoms with van der Waals surface area (Å²) in [6.07, 6.45) is 0. The van der Waals surface area contributed by atoms with E-state index in [0.717, 1.165) is 8.95 Å². The first-order valence-electron chi connectivity index (χ1n) is 11.0. The second kappa shape index (κ2) is 7.83. The van der Waals surface area contributed by atoms with E-state index in [0.29, 0.717) is 32.5 Å². The zero-order valence-electron chi connectivity index (χ0n) is 18.4. The standard InChI is InChI=1S/C26H18Br3N3O3/c1-32-12-18(22(33)13-6-8-14(27)9-7-13)25(16-4-2-3-5-20(16)30-23(25)34)26(32)17-10-15(28)11-19(29)21(17)31-24(26)35/h2-11,18H,12H2,1H3,(H,30,34)(H,31,35)/t18-,25+,26+/m0/s1. The number of hydrogen-bond acceptors (Lipinski definition) is 4. The number of halogens is 3. The van der Waals surface area contributed by atoms with Crippen LogP contribution in [0.15, 0.2) is 74.1 Å². The number of amides is 2. The molecule has 3 heterocycles. The molecule has 9 heteroatoms. The van der Waals surface area contributed by atoms with Crippen LogP contribution in [0.2, 0.25) is 0 Å². The van der Waals surface area contributed by atoms with E-state index in [1.165, 1.54) is 0 Å². The van der Waals surface area contributed by atoms with Crippen LogP contribution in [-0.4, -0.2) is 36.1 Å². The number of Topliss-reactive ketones (excluding diaryl/α,β-unsaturated/α-hetero) is 1. The lowest BCUT2D eigenvalue weighted by molar-refractivity contribution is -0.136. The molecule has 0 unspecified atom stereocenters. The van der Waals surface area contributed by atoms with Crippen LogP contribution in [0.1, 0.15) is 21.5 Å². The molecule has 3 aliphatic heterocycles. The van der Waals surface area contributed by atoms with Gasteiger partial charge in [0.25, 0.3) is 5.91 Å². The van der Waals surface area contributed by atoms with Crippen molar-refractivity contribution < 1.29 is 14.4 Å². The molecule has 0 aliphatic carbocycles. The van der Waals surface area contributed by atoms with E-state index in [9.17, 15) is 14.4 Å². The van der Waals surface area contributed by atoms with Crippen molar-refractivity contribution in [2.75, 3.05) is 24.2 Å². The molecular weight excluding hydrogens is 642 g/mol. The second-order valence-electron chi connectivity index (χ2n) is 9.09. The van der Waals surface area contributed by atoms with Gasteiger partial charge in [0, 0.05) is 36.8 Å². The number of carbonyl (C=O) groups excluding carboxylic acids is 3. The molecule has 3 aliphatic rings. The number of carbonyl (C=O) groups is 3. The topological polar surface area (TPSA) is 78.5 Å². The van der Waals surface area contributed by atoms with Crippen molar-refractivity contribution >= 4 is 76.8 Å². The van der Waals surface area contributed by atoms with Gasteiger partial charge in [-0.2, -0.15) is 0 Å². The van der Waals surface area contributed by atoms with E-state index in [4.69, 9.17) is 0 Å². The van der Waals surface area contributed by atoms with E-state index >= 15 is 0 Å². The second-order valence-corrected chi connectivity index (χ2v) is 11.8. The predicted octanol–water partition coefficient (Wildman–Crippen LogP) is 5.46. The Morgan fingerprint density at radius 2 is 1.63 bits per heavy atom. The first-order valence-corrected chi connectivity index (χ1v) is 13.3. The Bertz CT molecular complexity index is 1460. The quantitative estimate of drug-likeness (QED) is 0.359. The SMILES string of the molecule is CN1C[C@@H](C(=O)c2ccc(Br)cc2)[C@]2(C(=O)Nc3ccccc32)[C@@]12C(=O)Nc1c(Br)cc(Br)cc12. The first-order chi connectivity index (χ1) is 16.7. The van der Waals surface area contributed by atoms with E-state index in [1.807, 2.05) is 60.5 Å². The lowest BCUT2D eigenvalue weighted by Crippen LogP contribution is -2.61. The highest BCUT2D eigenvalue weighted by atomic mass is 79.9. The minimum atomic E-state index is -1.47. The summed E-state index contributed by atoms with van der Waals surface area (Å²) < 4.78 is 2.31. The van der Waals surface area contributed by atoms with Crippen LogP contribution >= 0.6 is 47.8 Å². The molecule has 1 fully saturated rings. The molecule has 6 rings (SSSR count).